The van der Waals surface area contributed by atoms with Gasteiger partial charge in [0.1, 0.15) is 19.0 Å². The third kappa shape index (κ3) is 5.73. The van der Waals surface area contributed by atoms with Crippen LogP contribution in [0.15, 0.2) is 30.5 Å². The minimum absolute atomic E-state index is 0.0771. The molecule has 0 bridgehead atoms. The summed E-state index contributed by atoms with van der Waals surface area (Å²) in [5, 5.41) is 3.72. The third-order valence-electron chi connectivity index (χ3n) is 4.68. The van der Waals surface area contributed by atoms with Gasteiger partial charge < -0.3 is 19.5 Å². The molecule has 0 aliphatic carbocycles. The fourth-order valence-corrected chi connectivity index (χ4v) is 5.18. The molecule has 0 aliphatic rings. The van der Waals surface area contributed by atoms with E-state index in [1.807, 2.05) is 10.9 Å². The van der Waals surface area contributed by atoms with Crippen molar-refractivity contribution in [2.45, 2.75) is 20.3 Å². The number of benzene rings is 1. The smallest absolute Gasteiger partial charge is 0.216 e. The van der Waals surface area contributed by atoms with Crippen LogP contribution in [-0.2, 0) is 11.2 Å². The molecule has 0 atom stereocenters. The molecule has 3 aromatic rings. The summed E-state index contributed by atoms with van der Waals surface area (Å²) in [6.45, 7) is 4.41. The lowest BCUT2D eigenvalue weighted by atomic mass is 10.1. The number of rotatable bonds is 10. The molecule has 31 heavy (non-hydrogen) atoms. The predicted molar refractivity (Wildman–Crippen MR) is 128 cm³/mol. The van der Waals surface area contributed by atoms with E-state index in [-0.39, 0.29) is 24.9 Å². The van der Waals surface area contributed by atoms with Crippen LogP contribution in [0.1, 0.15) is 18.2 Å². The minimum Gasteiger partial charge on any atom is -0.488 e. The van der Waals surface area contributed by atoms with Crippen LogP contribution in [0.25, 0.3) is 10.9 Å². The van der Waals surface area contributed by atoms with Gasteiger partial charge in [0.25, 0.3) is 0 Å². The molecule has 1 amide bonds. The second-order valence-electron chi connectivity index (χ2n) is 6.69. The zero-order chi connectivity index (χ0) is 22.4. The van der Waals surface area contributed by atoms with E-state index in [1.165, 1.54) is 22.1 Å². The van der Waals surface area contributed by atoms with Crippen molar-refractivity contribution >= 4 is 47.1 Å². The number of carbonyl (C=O) groups is 1. The van der Waals surface area contributed by atoms with Crippen LogP contribution in [-0.4, -0.2) is 41.7 Å². The number of fused-ring (bicyclic) bond motifs is 1. The van der Waals surface area contributed by atoms with E-state index in [0.717, 1.165) is 22.2 Å². The average molecular weight is 559 g/mol. The maximum absolute atomic E-state index is 14.7. The topological polar surface area (TPSA) is 74.6 Å². The highest BCUT2D eigenvalue weighted by Gasteiger charge is 2.18. The van der Waals surface area contributed by atoms with Gasteiger partial charge in [0, 0.05) is 67.0 Å². The molecular formula is C21H23FIN3O4S. The summed E-state index contributed by atoms with van der Waals surface area (Å²) in [5.74, 6) is 0.732. The number of halogens is 2. The van der Waals surface area contributed by atoms with Gasteiger partial charge in [-0.1, -0.05) is 0 Å². The highest BCUT2D eigenvalue weighted by Crippen LogP contribution is 2.36. The summed E-state index contributed by atoms with van der Waals surface area (Å²) in [7, 11) is 3.02. The van der Waals surface area contributed by atoms with Crippen molar-refractivity contribution in [3.05, 3.63) is 47.5 Å². The Morgan fingerprint density at radius 1 is 1.29 bits per heavy atom. The molecule has 1 N–H and O–H groups in total. The Balaban J connectivity index is 1.72. The number of nitrogens with one attached hydrogen (secondary N) is 1. The number of carbonyl (C=O) groups excluding carboxylic acids is 1. The molecular weight excluding hydrogens is 536 g/mol. The Kier molecular flexibility index (Phi) is 8.24. The van der Waals surface area contributed by atoms with E-state index in [1.54, 1.807) is 31.5 Å². The first-order chi connectivity index (χ1) is 14.9. The van der Waals surface area contributed by atoms with Crippen molar-refractivity contribution in [1.82, 2.24) is 14.3 Å². The van der Waals surface area contributed by atoms with Crippen LogP contribution in [0.2, 0.25) is 0 Å². The van der Waals surface area contributed by atoms with Crippen molar-refractivity contribution in [1.29, 1.82) is 0 Å². The zero-order valence-electron chi connectivity index (χ0n) is 17.4. The van der Waals surface area contributed by atoms with Crippen LogP contribution in [0.3, 0.4) is 0 Å². The van der Waals surface area contributed by atoms with Crippen LogP contribution in [0.5, 0.6) is 17.4 Å². The maximum Gasteiger partial charge on any atom is 0.216 e. The molecule has 0 saturated heterocycles. The van der Waals surface area contributed by atoms with Gasteiger partial charge in [-0.2, -0.15) is 0 Å². The second-order valence-corrected chi connectivity index (χ2v) is 8.38. The van der Waals surface area contributed by atoms with E-state index in [9.17, 15) is 9.18 Å². The van der Waals surface area contributed by atoms with E-state index < -0.39 is 5.82 Å². The largest absolute Gasteiger partial charge is 0.488 e. The normalized spacial score (nSPS) is 10.9. The molecule has 0 fully saturated rings. The molecule has 3 rings (SSSR count). The Bertz CT molecular complexity index is 1060. The first-order valence-electron chi connectivity index (χ1n) is 9.57. The van der Waals surface area contributed by atoms with Crippen molar-refractivity contribution < 1.29 is 23.4 Å². The molecule has 2 aromatic heterocycles. The summed E-state index contributed by atoms with van der Waals surface area (Å²) in [6.07, 6.45) is 2.20. The number of nitrogens with zero attached hydrogens (tertiary/aromatic N) is 2. The highest BCUT2D eigenvalue weighted by molar-refractivity contribution is 14.2. The summed E-state index contributed by atoms with van der Waals surface area (Å²) in [4.78, 5) is 15.3. The Morgan fingerprint density at radius 2 is 2.06 bits per heavy atom. The quantitative estimate of drug-likeness (QED) is 0.292. The fourth-order valence-electron chi connectivity index (χ4n) is 3.21. The van der Waals surface area contributed by atoms with Crippen LogP contribution >= 0.6 is 30.3 Å². The molecule has 166 valence electrons. The molecule has 0 saturated carbocycles. The monoisotopic (exact) mass is 559 g/mol. The van der Waals surface area contributed by atoms with Crippen molar-refractivity contribution in [3.8, 4) is 17.4 Å². The average Bonchev–Trinajstić information content (AvgIpc) is 3.01. The van der Waals surface area contributed by atoms with Gasteiger partial charge in [-0.3, -0.25) is 8.77 Å². The van der Waals surface area contributed by atoms with Crippen molar-refractivity contribution in [2.75, 3.05) is 26.9 Å². The fraction of sp³-hybridized carbons (Fsp3) is 0.333. The van der Waals surface area contributed by atoms with Crippen LogP contribution in [0.4, 0.5) is 4.39 Å². The van der Waals surface area contributed by atoms with Crippen molar-refractivity contribution in [2.24, 2.45) is 0 Å². The molecule has 0 unspecified atom stereocenters. The Morgan fingerprint density at radius 3 is 2.71 bits per heavy atom. The van der Waals surface area contributed by atoms with Gasteiger partial charge >= 0.3 is 0 Å². The molecule has 0 radical (unpaired) electrons. The minimum atomic E-state index is -0.434. The summed E-state index contributed by atoms with van der Waals surface area (Å²) in [5.41, 5.74) is 2.85. The van der Waals surface area contributed by atoms with Gasteiger partial charge in [-0.15, -0.1) is 0 Å². The molecule has 1 aromatic carbocycles. The van der Waals surface area contributed by atoms with E-state index in [2.05, 4.69) is 31.5 Å². The number of hydrogen-bond acceptors (Lipinski definition) is 6. The predicted octanol–water partition coefficient (Wildman–Crippen LogP) is 4.48. The van der Waals surface area contributed by atoms with Gasteiger partial charge in [0.15, 0.2) is 11.6 Å². The van der Waals surface area contributed by atoms with E-state index in [0.29, 0.717) is 24.6 Å². The first kappa shape index (κ1) is 23.5. The summed E-state index contributed by atoms with van der Waals surface area (Å²) >= 11 is 2.17. The van der Waals surface area contributed by atoms with Crippen LogP contribution < -0.4 is 19.5 Å². The number of ether oxygens (including phenoxy) is 3. The summed E-state index contributed by atoms with van der Waals surface area (Å²) < 4.78 is 32.9. The standard InChI is InChI=1S/C21H23FIN3O4S/c1-13-16(6-7-24-14(2)27)17-10-20(18(22)11-19(17)26(13)31-23)30-9-8-29-15-4-5-21(28-3)25-12-15/h4-5,10-12H,6-9H2,1-3H3,(H,24,27). The Hall–Kier alpha value is -2.21. The Labute approximate surface area is 196 Å². The lowest BCUT2D eigenvalue weighted by Crippen LogP contribution is -2.22. The van der Waals surface area contributed by atoms with Gasteiger partial charge in [-0.05, 0) is 31.0 Å². The summed E-state index contributed by atoms with van der Waals surface area (Å²) in [6, 6.07) is 6.65. The SMILES string of the molecule is COc1ccc(OCCOc2cc3c(CCNC(C)=O)c(C)n(SI)c3cc2F)cn1. The molecule has 2 heterocycles. The van der Waals surface area contributed by atoms with Gasteiger partial charge in [0.2, 0.25) is 11.8 Å². The van der Waals surface area contributed by atoms with E-state index >= 15 is 0 Å². The second kappa shape index (κ2) is 10.9. The molecule has 7 nitrogen and oxygen atoms in total. The van der Waals surface area contributed by atoms with Crippen molar-refractivity contribution in [3.63, 3.8) is 0 Å². The highest BCUT2D eigenvalue weighted by atomic mass is 127. The first-order valence-corrected chi connectivity index (χ1v) is 12.9. The van der Waals surface area contributed by atoms with Gasteiger partial charge in [0.05, 0.1) is 18.8 Å². The lowest BCUT2D eigenvalue weighted by molar-refractivity contribution is -0.118. The zero-order valence-corrected chi connectivity index (χ0v) is 20.4. The third-order valence-corrected chi connectivity index (χ3v) is 6.47. The van der Waals surface area contributed by atoms with E-state index in [4.69, 9.17) is 14.2 Å². The number of aromatic nitrogens is 2. The number of hydrogen-bond donors (Lipinski definition) is 1. The number of amides is 1. The maximum atomic E-state index is 14.7. The molecule has 0 spiro atoms. The molecule has 10 heteroatoms. The van der Waals surface area contributed by atoms with Crippen LogP contribution in [0, 0.1) is 12.7 Å². The molecule has 0 aliphatic heterocycles. The number of methoxy groups -OCH3 is 1. The lowest BCUT2D eigenvalue weighted by Gasteiger charge is -2.10. The number of pyridine rings is 1. The van der Waals surface area contributed by atoms with Gasteiger partial charge in [-0.25, -0.2) is 9.37 Å².